The van der Waals surface area contributed by atoms with Crippen molar-refractivity contribution in [3.05, 3.63) is 59.5 Å². The van der Waals surface area contributed by atoms with Crippen LogP contribution in [0.1, 0.15) is 42.2 Å². The summed E-state index contributed by atoms with van der Waals surface area (Å²) in [4.78, 5) is 2.51. The summed E-state index contributed by atoms with van der Waals surface area (Å²) in [6.45, 7) is 4.03. The number of hydrogen-bond acceptors (Lipinski definition) is 3. The molecular formula is C18H24N2O. The van der Waals surface area contributed by atoms with Gasteiger partial charge in [0.05, 0.1) is 12.8 Å². The number of nitrogens with zero attached hydrogens (tertiary/aromatic N) is 1. The first kappa shape index (κ1) is 14.4. The van der Waals surface area contributed by atoms with Gasteiger partial charge in [-0.3, -0.25) is 4.90 Å². The topological polar surface area (TPSA) is 42.4 Å². The van der Waals surface area contributed by atoms with Gasteiger partial charge in [0.25, 0.3) is 0 Å². The molecule has 3 rings (SSSR count). The molecule has 1 fully saturated rings. The molecule has 1 aliphatic carbocycles. The van der Waals surface area contributed by atoms with Gasteiger partial charge in [0, 0.05) is 18.6 Å². The molecule has 1 unspecified atom stereocenters. The molecule has 0 bridgehead atoms. The zero-order valence-corrected chi connectivity index (χ0v) is 12.7. The van der Waals surface area contributed by atoms with Crippen LogP contribution in [-0.2, 0) is 6.54 Å². The van der Waals surface area contributed by atoms with Crippen molar-refractivity contribution in [3.63, 3.8) is 0 Å². The Labute approximate surface area is 126 Å². The quantitative estimate of drug-likeness (QED) is 0.844. The Hall–Kier alpha value is -1.58. The van der Waals surface area contributed by atoms with Crippen molar-refractivity contribution in [2.45, 2.75) is 44.8 Å². The molecule has 1 heterocycles. The van der Waals surface area contributed by atoms with E-state index in [4.69, 9.17) is 10.2 Å². The van der Waals surface area contributed by atoms with Crippen molar-refractivity contribution in [2.75, 3.05) is 6.54 Å². The maximum Gasteiger partial charge on any atom is 0.117 e. The first-order valence-corrected chi connectivity index (χ1v) is 7.81. The maximum absolute atomic E-state index is 6.34. The monoisotopic (exact) mass is 284 g/mol. The molecule has 1 atom stereocenters. The van der Waals surface area contributed by atoms with Gasteiger partial charge in [0.1, 0.15) is 5.76 Å². The molecule has 112 valence electrons. The SMILES string of the molecule is Cc1ccc(C(N)CCN(Cc2ccco2)C2CC2)cc1. The van der Waals surface area contributed by atoms with Crippen LogP contribution in [0.5, 0.6) is 0 Å². The predicted molar refractivity (Wildman–Crippen MR) is 84.9 cm³/mol. The van der Waals surface area contributed by atoms with Gasteiger partial charge < -0.3 is 10.2 Å². The van der Waals surface area contributed by atoms with Crippen LogP contribution in [0.4, 0.5) is 0 Å². The van der Waals surface area contributed by atoms with E-state index in [0.717, 1.165) is 31.3 Å². The van der Waals surface area contributed by atoms with Crippen LogP contribution in [-0.4, -0.2) is 17.5 Å². The Morgan fingerprint density at radius 3 is 2.62 bits per heavy atom. The zero-order valence-electron chi connectivity index (χ0n) is 12.7. The highest BCUT2D eigenvalue weighted by Crippen LogP contribution is 2.29. The van der Waals surface area contributed by atoms with Crippen molar-refractivity contribution in [3.8, 4) is 0 Å². The number of hydrogen-bond donors (Lipinski definition) is 1. The molecule has 0 aliphatic heterocycles. The Morgan fingerprint density at radius 2 is 2.00 bits per heavy atom. The summed E-state index contributed by atoms with van der Waals surface area (Å²) in [6, 6.07) is 13.4. The second kappa shape index (κ2) is 6.46. The van der Waals surface area contributed by atoms with Gasteiger partial charge in [-0.1, -0.05) is 29.8 Å². The fourth-order valence-electron chi connectivity index (χ4n) is 2.72. The lowest BCUT2D eigenvalue weighted by Crippen LogP contribution is -2.29. The van der Waals surface area contributed by atoms with Crippen LogP contribution < -0.4 is 5.73 Å². The first-order valence-electron chi connectivity index (χ1n) is 7.81. The molecule has 2 aromatic rings. The molecule has 1 saturated carbocycles. The molecule has 3 nitrogen and oxygen atoms in total. The van der Waals surface area contributed by atoms with Crippen molar-refractivity contribution in [1.82, 2.24) is 4.90 Å². The number of nitrogens with two attached hydrogens (primary N) is 1. The van der Waals surface area contributed by atoms with Gasteiger partial charge in [-0.05, 0) is 43.9 Å². The van der Waals surface area contributed by atoms with E-state index in [0.29, 0.717) is 0 Å². The van der Waals surface area contributed by atoms with Crippen LogP contribution in [0.15, 0.2) is 47.1 Å². The molecule has 1 aliphatic rings. The summed E-state index contributed by atoms with van der Waals surface area (Å²) in [5.74, 6) is 1.05. The van der Waals surface area contributed by atoms with Crippen LogP contribution >= 0.6 is 0 Å². The van der Waals surface area contributed by atoms with E-state index in [-0.39, 0.29) is 6.04 Å². The first-order chi connectivity index (χ1) is 10.2. The molecule has 0 radical (unpaired) electrons. The zero-order chi connectivity index (χ0) is 14.7. The van der Waals surface area contributed by atoms with E-state index in [1.165, 1.54) is 24.0 Å². The Balaban J connectivity index is 1.55. The Morgan fingerprint density at radius 1 is 1.24 bits per heavy atom. The van der Waals surface area contributed by atoms with E-state index in [2.05, 4.69) is 42.2 Å². The summed E-state index contributed by atoms with van der Waals surface area (Å²) in [5, 5.41) is 0. The van der Waals surface area contributed by atoms with Crippen LogP contribution in [0.2, 0.25) is 0 Å². The third kappa shape index (κ3) is 3.96. The molecule has 2 N–H and O–H groups in total. The smallest absolute Gasteiger partial charge is 0.117 e. The van der Waals surface area contributed by atoms with E-state index >= 15 is 0 Å². The Kier molecular flexibility index (Phi) is 4.42. The van der Waals surface area contributed by atoms with Crippen molar-refractivity contribution in [1.29, 1.82) is 0 Å². The summed E-state index contributed by atoms with van der Waals surface area (Å²) in [6.07, 6.45) is 5.35. The van der Waals surface area contributed by atoms with Crippen LogP contribution in [0.3, 0.4) is 0 Å². The van der Waals surface area contributed by atoms with Gasteiger partial charge in [-0.15, -0.1) is 0 Å². The lowest BCUT2D eigenvalue weighted by molar-refractivity contribution is 0.225. The highest BCUT2D eigenvalue weighted by atomic mass is 16.3. The van der Waals surface area contributed by atoms with E-state index in [1.807, 2.05) is 6.07 Å². The third-order valence-corrected chi connectivity index (χ3v) is 4.24. The predicted octanol–water partition coefficient (Wildman–Crippen LogP) is 3.64. The maximum atomic E-state index is 6.34. The van der Waals surface area contributed by atoms with E-state index in [1.54, 1.807) is 6.26 Å². The van der Waals surface area contributed by atoms with Crippen molar-refractivity contribution in [2.24, 2.45) is 5.73 Å². The average Bonchev–Trinajstić information content (AvgIpc) is 3.21. The van der Waals surface area contributed by atoms with E-state index < -0.39 is 0 Å². The number of aryl methyl sites for hydroxylation is 1. The number of rotatable bonds is 7. The lowest BCUT2D eigenvalue weighted by atomic mass is 10.0. The molecule has 3 heteroatoms. The molecule has 0 amide bonds. The standard InChI is InChI=1S/C18H24N2O/c1-14-4-6-15(7-5-14)18(19)10-11-20(16-8-9-16)13-17-3-2-12-21-17/h2-7,12,16,18H,8-11,13,19H2,1H3. The molecule has 0 saturated heterocycles. The van der Waals surface area contributed by atoms with Gasteiger partial charge >= 0.3 is 0 Å². The number of benzene rings is 1. The summed E-state index contributed by atoms with van der Waals surface area (Å²) in [5.41, 5.74) is 8.85. The van der Waals surface area contributed by atoms with Gasteiger partial charge in [-0.2, -0.15) is 0 Å². The van der Waals surface area contributed by atoms with E-state index in [9.17, 15) is 0 Å². The second-order valence-corrected chi connectivity index (χ2v) is 6.09. The minimum atomic E-state index is 0.114. The van der Waals surface area contributed by atoms with Gasteiger partial charge in [0.2, 0.25) is 0 Å². The fourth-order valence-corrected chi connectivity index (χ4v) is 2.72. The molecule has 0 spiro atoms. The molecule has 21 heavy (non-hydrogen) atoms. The third-order valence-electron chi connectivity index (χ3n) is 4.24. The summed E-state index contributed by atoms with van der Waals surface area (Å²) in [7, 11) is 0. The van der Waals surface area contributed by atoms with Crippen molar-refractivity contribution < 1.29 is 4.42 Å². The summed E-state index contributed by atoms with van der Waals surface area (Å²) < 4.78 is 5.47. The van der Waals surface area contributed by atoms with Gasteiger partial charge in [0.15, 0.2) is 0 Å². The molecule has 1 aromatic carbocycles. The fraction of sp³-hybridized carbons (Fsp3) is 0.444. The van der Waals surface area contributed by atoms with Crippen LogP contribution in [0, 0.1) is 6.92 Å². The lowest BCUT2D eigenvalue weighted by Gasteiger charge is -2.23. The summed E-state index contributed by atoms with van der Waals surface area (Å²) >= 11 is 0. The number of furan rings is 1. The Bertz CT molecular complexity index is 543. The van der Waals surface area contributed by atoms with Crippen LogP contribution in [0.25, 0.3) is 0 Å². The largest absolute Gasteiger partial charge is 0.468 e. The average molecular weight is 284 g/mol. The normalized spacial score (nSPS) is 16.3. The van der Waals surface area contributed by atoms with Crippen molar-refractivity contribution >= 4 is 0 Å². The molecule has 1 aromatic heterocycles. The minimum absolute atomic E-state index is 0.114. The molecular weight excluding hydrogens is 260 g/mol. The van der Waals surface area contributed by atoms with Gasteiger partial charge in [-0.25, -0.2) is 0 Å². The highest BCUT2D eigenvalue weighted by molar-refractivity contribution is 5.23. The highest BCUT2D eigenvalue weighted by Gasteiger charge is 2.29. The second-order valence-electron chi connectivity index (χ2n) is 6.09. The minimum Gasteiger partial charge on any atom is -0.468 e.